The third-order valence-corrected chi connectivity index (χ3v) is 2.04. The van der Waals surface area contributed by atoms with Crippen molar-refractivity contribution < 1.29 is 18.7 Å². The molecular formula is C10H9FN2O3. The summed E-state index contributed by atoms with van der Waals surface area (Å²) in [4.78, 5) is 15.9. The zero-order valence-electron chi connectivity index (χ0n) is 8.48. The summed E-state index contributed by atoms with van der Waals surface area (Å²) in [5.41, 5.74) is 0.792. The molecule has 5 nitrogen and oxygen atoms in total. The van der Waals surface area contributed by atoms with Crippen molar-refractivity contribution in [2.24, 2.45) is 0 Å². The summed E-state index contributed by atoms with van der Waals surface area (Å²) >= 11 is 0. The minimum absolute atomic E-state index is 0.156. The van der Waals surface area contributed by atoms with Gasteiger partial charge in [-0.2, -0.15) is 4.98 Å². The lowest BCUT2D eigenvalue weighted by Crippen LogP contribution is -2.25. The molecule has 6 heteroatoms. The van der Waals surface area contributed by atoms with E-state index in [1.54, 1.807) is 0 Å². The van der Waals surface area contributed by atoms with Crippen molar-refractivity contribution in [2.75, 3.05) is 18.5 Å². The van der Waals surface area contributed by atoms with E-state index < -0.39 is 11.8 Å². The molecule has 0 amide bonds. The average Bonchev–Trinajstić information content (AvgIpc) is 2.59. The Labute approximate surface area is 90.1 Å². The molecule has 0 radical (unpaired) electrons. The van der Waals surface area contributed by atoms with Gasteiger partial charge in [0, 0.05) is 13.1 Å². The van der Waals surface area contributed by atoms with Crippen LogP contribution < -0.4 is 4.90 Å². The quantitative estimate of drug-likeness (QED) is 0.855. The van der Waals surface area contributed by atoms with Crippen molar-refractivity contribution in [2.45, 2.75) is 0 Å². The van der Waals surface area contributed by atoms with Crippen molar-refractivity contribution in [3.63, 3.8) is 0 Å². The number of hydrogen-bond acceptors (Lipinski definition) is 4. The third kappa shape index (κ3) is 1.95. The van der Waals surface area contributed by atoms with Gasteiger partial charge in [0.2, 0.25) is 0 Å². The van der Waals surface area contributed by atoms with Crippen molar-refractivity contribution in [1.29, 1.82) is 0 Å². The van der Waals surface area contributed by atoms with Gasteiger partial charge in [0.15, 0.2) is 5.58 Å². The number of carboxylic acids is 1. The first kappa shape index (κ1) is 10.4. The molecule has 0 bridgehead atoms. The summed E-state index contributed by atoms with van der Waals surface area (Å²) in [5.74, 6) is -1.41. The maximum atomic E-state index is 12.9. The van der Waals surface area contributed by atoms with Crippen LogP contribution >= 0.6 is 0 Å². The van der Waals surface area contributed by atoms with Gasteiger partial charge in [-0.25, -0.2) is 4.39 Å². The minimum atomic E-state index is -0.990. The molecule has 0 saturated carbocycles. The fourth-order valence-electron chi connectivity index (χ4n) is 1.32. The molecule has 0 unspecified atom stereocenters. The van der Waals surface area contributed by atoms with E-state index in [0.29, 0.717) is 11.1 Å². The molecule has 0 fully saturated rings. The van der Waals surface area contributed by atoms with Gasteiger partial charge in [-0.1, -0.05) is 0 Å². The number of hydrogen-bond donors (Lipinski definition) is 1. The van der Waals surface area contributed by atoms with E-state index in [2.05, 4.69) is 4.98 Å². The first-order valence-corrected chi connectivity index (χ1v) is 4.55. The van der Waals surface area contributed by atoms with Crippen LogP contribution in [0, 0.1) is 5.82 Å². The van der Waals surface area contributed by atoms with Gasteiger partial charge in [-0.3, -0.25) is 4.79 Å². The van der Waals surface area contributed by atoms with Gasteiger partial charge in [0.25, 0.3) is 6.01 Å². The van der Waals surface area contributed by atoms with Crippen LogP contribution in [0.2, 0.25) is 0 Å². The fourth-order valence-corrected chi connectivity index (χ4v) is 1.32. The lowest BCUT2D eigenvalue weighted by molar-refractivity contribution is -0.135. The first-order chi connectivity index (χ1) is 7.56. The molecule has 0 aliphatic carbocycles. The number of fused-ring (bicyclic) bond motifs is 1. The molecule has 2 rings (SSSR count). The Balaban J connectivity index is 2.35. The van der Waals surface area contributed by atoms with Crippen molar-refractivity contribution in [3.05, 3.63) is 24.0 Å². The molecule has 1 aromatic carbocycles. The molecule has 1 N–H and O–H groups in total. The average molecular weight is 224 g/mol. The predicted molar refractivity (Wildman–Crippen MR) is 54.9 cm³/mol. The second-order valence-corrected chi connectivity index (χ2v) is 3.36. The monoisotopic (exact) mass is 224 g/mol. The molecule has 1 aromatic heterocycles. The van der Waals surface area contributed by atoms with E-state index in [9.17, 15) is 9.18 Å². The molecule has 0 aliphatic rings. The molecule has 0 aliphatic heterocycles. The molecule has 0 saturated heterocycles. The molecule has 1 heterocycles. The Morgan fingerprint density at radius 2 is 2.38 bits per heavy atom. The van der Waals surface area contributed by atoms with Crippen LogP contribution in [0.3, 0.4) is 0 Å². The first-order valence-electron chi connectivity index (χ1n) is 4.55. The van der Waals surface area contributed by atoms with E-state index in [1.807, 2.05) is 0 Å². The highest BCUT2D eigenvalue weighted by Gasteiger charge is 2.13. The number of anilines is 1. The SMILES string of the molecule is CN(CC(=O)O)c1nc2ccc(F)cc2o1. The van der Waals surface area contributed by atoms with E-state index in [-0.39, 0.29) is 12.6 Å². The van der Waals surface area contributed by atoms with Crippen LogP contribution in [0.4, 0.5) is 10.4 Å². The molecular weight excluding hydrogens is 215 g/mol. The molecule has 2 aromatic rings. The summed E-state index contributed by atoms with van der Waals surface area (Å²) < 4.78 is 18.1. The van der Waals surface area contributed by atoms with Crippen LogP contribution in [0.25, 0.3) is 11.1 Å². The second-order valence-electron chi connectivity index (χ2n) is 3.36. The topological polar surface area (TPSA) is 66.6 Å². The van der Waals surface area contributed by atoms with Crippen molar-refractivity contribution >= 4 is 23.1 Å². The number of nitrogens with zero attached hydrogens (tertiary/aromatic N) is 2. The Hall–Kier alpha value is -2.11. The summed E-state index contributed by atoms with van der Waals surface area (Å²) in [6, 6.07) is 4.11. The van der Waals surface area contributed by atoms with Crippen LogP contribution in [0.15, 0.2) is 22.6 Å². The van der Waals surface area contributed by atoms with Gasteiger partial charge < -0.3 is 14.4 Å². The lowest BCUT2D eigenvalue weighted by atomic mass is 10.3. The number of aromatic nitrogens is 1. The molecule has 0 atom stereocenters. The summed E-state index contributed by atoms with van der Waals surface area (Å²) in [6.45, 7) is -0.227. The summed E-state index contributed by atoms with van der Waals surface area (Å²) in [5, 5.41) is 8.59. The third-order valence-electron chi connectivity index (χ3n) is 2.04. The number of likely N-dealkylation sites (N-methyl/N-ethyl adjacent to an activating group) is 1. The van der Waals surface area contributed by atoms with Crippen LogP contribution in [0.5, 0.6) is 0 Å². The second kappa shape index (κ2) is 3.80. The van der Waals surface area contributed by atoms with E-state index >= 15 is 0 Å². The number of oxazole rings is 1. The minimum Gasteiger partial charge on any atom is -0.480 e. The van der Waals surface area contributed by atoms with Gasteiger partial charge in [-0.05, 0) is 12.1 Å². The zero-order chi connectivity index (χ0) is 11.7. The van der Waals surface area contributed by atoms with Crippen LogP contribution in [-0.4, -0.2) is 29.7 Å². The molecule has 16 heavy (non-hydrogen) atoms. The number of carbonyl (C=O) groups is 1. The molecule has 84 valence electrons. The summed E-state index contributed by atoms with van der Waals surface area (Å²) in [7, 11) is 1.54. The number of aliphatic carboxylic acids is 1. The normalized spacial score (nSPS) is 10.6. The van der Waals surface area contributed by atoms with Crippen LogP contribution in [0.1, 0.15) is 0 Å². The van der Waals surface area contributed by atoms with Gasteiger partial charge in [0.05, 0.1) is 0 Å². The van der Waals surface area contributed by atoms with Crippen molar-refractivity contribution in [1.82, 2.24) is 4.98 Å². The van der Waals surface area contributed by atoms with Crippen LogP contribution in [-0.2, 0) is 4.79 Å². The fraction of sp³-hybridized carbons (Fsp3) is 0.200. The highest BCUT2D eigenvalue weighted by Crippen LogP contribution is 2.21. The predicted octanol–water partition coefficient (Wildman–Crippen LogP) is 1.49. The van der Waals surface area contributed by atoms with Gasteiger partial charge in [-0.15, -0.1) is 0 Å². The highest BCUT2D eigenvalue weighted by atomic mass is 19.1. The number of carboxylic acid groups (broad SMARTS) is 1. The smallest absolute Gasteiger partial charge is 0.323 e. The number of halogens is 1. The maximum absolute atomic E-state index is 12.9. The maximum Gasteiger partial charge on any atom is 0.323 e. The van der Waals surface area contributed by atoms with E-state index in [1.165, 1.54) is 30.1 Å². The number of rotatable bonds is 3. The van der Waals surface area contributed by atoms with Gasteiger partial charge in [0.1, 0.15) is 17.9 Å². The Kier molecular flexibility index (Phi) is 2.47. The van der Waals surface area contributed by atoms with Gasteiger partial charge >= 0.3 is 5.97 Å². The Bertz CT molecular complexity index is 538. The van der Waals surface area contributed by atoms with E-state index in [4.69, 9.17) is 9.52 Å². The zero-order valence-corrected chi connectivity index (χ0v) is 8.48. The van der Waals surface area contributed by atoms with Crippen molar-refractivity contribution in [3.8, 4) is 0 Å². The molecule has 0 spiro atoms. The highest BCUT2D eigenvalue weighted by molar-refractivity contribution is 5.76. The summed E-state index contributed by atoms with van der Waals surface area (Å²) in [6.07, 6.45) is 0. The standard InChI is InChI=1S/C10H9FN2O3/c1-13(5-9(14)15)10-12-7-3-2-6(11)4-8(7)16-10/h2-4H,5H2,1H3,(H,14,15). The Morgan fingerprint density at radius 1 is 1.62 bits per heavy atom. The number of benzene rings is 1. The van der Waals surface area contributed by atoms with E-state index in [0.717, 1.165) is 0 Å². The Morgan fingerprint density at radius 3 is 3.06 bits per heavy atom. The lowest BCUT2D eigenvalue weighted by Gasteiger charge is -2.09. The largest absolute Gasteiger partial charge is 0.480 e.